The molecule has 0 aromatic carbocycles. The highest BCUT2D eigenvalue weighted by Gasteiger charge is 2.16. The molecule has 0 amide bonds. The number of hydrogen-bond donors (Lipinski definition) is 1. The van der Waals surface area contributed by atoms with Crippen molar-refractivity contribution in [2.75, 3.05) is 6.54 Å². The summed E-state index contributed by atoms with van der Waals surface area (Å²) >= 11 is 0. The smallest absolute Gasteiger partial charge is 0.127 e. The first kappa shape index (κ1) is 14.4. The molecule has 0 bridgehead atoms. The van der Waals surface area contributed by atoms with Gasteiger partial charge in [-0.25, -0.2) is 4.98 Å². The normalized spacial score (nSPS) is 14.6. The molecule has 2 aromatic heterocycles. The average Bonchev–Trinajstić information content (AvgIpc) is 3.07. The molecule has 0 unspecified atom stereocenters. The van der Waals surface area contributed by atoms with Crippen molar-refractivity contribution in [1.29, 1.82) is 0 Å². The Morgan fingerprint density at radius 1 is 1.33 bits per heavy atom. The van der Waals surface area contributed by atoms with Crippen molar-refractivity contribution in [3.8, 4) is 0 Å². The lowest BCUT2D eigenvalue weighted by molar-refractivity contribution is 0.475. The van der Waals surface area contributed by atoms with Crippen LogP contribution in [0.5, 0.6) is 0 Å². The molecule has 2 aromatic rings. The Hall–Kier alpha value is -1.55. The third-order valence-electron chi connectivity index (χ3n) is 4.13. The van der Waals surface area contributed by atoms with Crippen LogP contribution in [0, 0.1) is 5.92 Å². The molecule has 0 fully saturated rings. The number of fused-ring (bicyclic) bond motifs is 1. The van der Waals surface area contributed by atoms with Gasteiger partial charge < -0.3 is 14.3 Å². The zero-order valence-corrected chi connectivity index (χ0v) is 13.1. The second-order valence-corrected chi connectivity index (χ2v) is 6.37. The lowest BCUT2D eigenvalue weighted by atomic mass is 10.0. The fourth-order valence-corrected chi connectivity index (χ4v) is 2.98. The van der Waals surface area contributed by atoms with Gasteiger partial charge in [-0.15, -0.1) is 0 Å². The lowest BCUT2D eigenvalue weighted by Crippen LogP contribution is -2.19. The lowest BCUT2D eigenvalue weighted by Gasteiger charge is -2.14. The van der Waals surface area contributed by atoms with Gasteiger partial charge in [-0.05, 0) is 44.2 Å². The van der Waals surface area contributed by atoms with Crippen LogP contribution in [0.2, 0.25) is 0 Å². The summed E-state index contributed by atoms with van der Waals surface area (Å²) in [5, 5.41) is 3.48. The van der Waals surface area contributed by atoms with E-state index in [9.17, 15) is 0 Å². The van der Waals surface area contributed by atoms with Crippen molar-refractivity contribution in [1.82, 2.24) is 14.9 Å². The average molecular weight is 287 g/mol. The van der Waals surface area contributed by atoms with E-state index in [4.69, 9.17) is 4.42 Å². The second-order valence-electron chi connectivity index (χ2n) is 6.37. The SMILES string of the molecule is CC(C)CNCc1ccoc1Cn1cnc2c1CCCC2. The highest BCUT2D eigenvalue weighted by Crippen LogP contribution is 2.22. The van der Waals surface area contributed by atoms with E-state index < -0.39 is 0 Å². The van der Waals surface area contributed by atoms with Gasteiger partial charge in [0.25, 0.3) is 0 Å². The van der Waals surface area contributed by atoms with Crippen LogP contribution in [-0.4, -0.2) is 16.1 Å². The predicted octanol–water partition coefficient (Wildman–Crippen LogP) is 3.15. The molecular formula is C17H25N3O. The fourth-order valence-electron chi connectivity index (χ4n) is 2.98. The minimum atomic E-state index is 0.668. The number of aromatic nitrogens is 2. The summed E-state index contributed by atoms with van der Waals surface area (Å²) in [5.74, 6) is 1.72. The first-order valence-electron chi connectivity index (χ1n) is 8.03. The number of furan rings is 1. The molecule has 1 N–H and O–H groups in total. The topological polar surface area (TPSA) is 43.0 Å². The Bertz CT molecular complexity index is 583. The van der Waals surface area contributed by atoms with Crippen LogP contribution < -0.4 is 5.32 Å². The molecule has 0 saturated carbocycles. The van der Waals surface area contributed by atoms with Crippen LogP contribution in [0.4, 0.5) is 0 Å². The van der Waals surface area contributed by atoms with Crippen molar-refractivity contribution in [3.05, 3.63) is 41.4 Å². The molecule has 21 heavy (non-hydrogen) atoms. The summed E-state index contributed by atoms with van der Waals surface area (Å²) in [6.45, 7) is 7.15. The van der Waals surface area contributed by atoms with Gasteiger partial charge in [-0.3, -0.25) is 0 Å². The second kappa shape index (κ2) is 6.48. The summed E-state index contributed by atoms with van der Waals surface area (Å²) in [5.41, 5.74) is 3.94. The summed E-state index contributed by atoms with van der Waals surface area (Å²) in [6, 6.07) is 2.08. The third-order valence-corrected chi connectivity index (χ3v) is 4.13. The molecule has 0 saturated heterocycles. The van der Waals surface area contributed by atoms with E-state index in [-0.39, 0.29) is 0 Å². The van der Waals surface area contributed by atoms with E-state index in [1.165, 1.54) is 29.8 Å². The highest BCUT2D eigenvalue weighted by atomic mass is 16.3. The van der Waals surface area contributed by atoms with Gasteiger partial charge >= 0.3 is 0 Å². The van der Waals surface area contributed by atoms with Crippen LogP contribution in [-0.2, 0) is 25.9 Å². The maximum absolute atomic E-state index is 5.70. The van der Waals surface area contributed by atoms with Gasteiger partial charge in [0.05, 0.1) is 24.8 Å². The highest BCUT2D eigenvalue weighted by molar-refractivity contribution is 5.21. The Balaban J connectivity index is 1.68. The Morgan fingerprint density at radius 2 is 2.19 bits per heavy atom. The summed E-state index contributed by atoms with van der Waals surface area (Å²) in [7, 11) is 0. The molecule has 1 aliphatic carbocycles. The fraction of sp³-hybridized carbons (Fsp3) is 0.588. The van der Waals surface area contributed by atoms with Crippen LogP contribution in [0.25, 0.3) is 0 Å². The Morgan fingerprint density at radius 3 is 3.05 bits per heavy atom. The Kier molecular flexibility index (Phi) is 4.44. The number of nitrogens with one attached hydrogen (secondary N) is 1. The molecule has 114 valence electrons. The van der Waals surface area contributed by atoms with Crippen molar-refractivity contribution in [3.63, 3.8) is 0 Å². The van der Waals surface area contributed by atoms with Crippen molar-refractivity contribution in [2.24, 2.45) is 5.92 Å². The van der Waals surface area contributed by atoms with Gasteiger partial charge in [0, 0.05) is 17.8 Å². The van der Waals surface area contributed by atoms with Gasteiger partial charge in [0.1, 0.15) is 5.76 Å². The van der Waals surface area contributed by atoms with Crippen LogP contribution in [0.15, 0.2) is 23.1 Å². The quantitative estimate of drug-likeness (QED) is 0.887. The molecule has 2 heterocycles. The largest absolute Gasteiger partial charge is 0.467 e. The van der Waals surface area contributed by atoms with E-state index in [0.717, 1.165) is 38.2 Å². The molecule has 0 radical (unpaired) electrons. The van der Waals surface area contributed by atoms with Crippen LogP contribution in [0.3, 0.4) is 0 Å². The number of aryl methyl sites for hydroxylation is 1. The van der Waals surface area contributed by atoms with E-state index in [0.29, 0.717) is 5.92 Å². The van der Waals surface area contributed by atoms with Crippen molar-refractivity contribution < 1.29 is 4.42 Å². The first-order valence-corrected chi connectivity index (χ1v) is 8.03. The summed E-state index contributed by atoms with van der Waals surface area (Å²) in [6.07, 6.45) is 8.60. The van der Waals surface area contributed by atoms with Crippen molar-refractivity contribution >= 4 is 0 Å². The minimum Gasteiger partial charge on any atom is -0.467 e. The van der Waals surface area contributed by atoms with Crippen LogP contribution in [0.1, 0.15) is 49.4 Å². The van der Waals surface area contributed by atoms with Gasteiger partial charge in [-0.2, -0.15) is 0 Å². The molecule has 0 spiro atoms. The standard InChI is InChI=1S/C17H25N3O/c1-13(2)9-18-10-14-7-8-21-17(14)11-20-12-19-15-5-3-4-6-16(15)20/h7-8,12-13,18H,3-6,9-11H2,1-2H3. The van der Waals surface area contributed by atoms with E-state index >= 15 is 0 Å². The number of rotatable bonds is 6. The molecular weight excluding hydrogens is 262 g/mol. The van der Waals surface area contributed by atoms with Crippen molar-refractivity contribution in [2.45, 2.75) is 52.6 Å². The zero-order chi connectivity index (χ0) is 14.7. The van der Waals surface area contributed by atoms with Crippen LogP contribution >= 0.6 is 0 Å². The molecule has 3 rings (SSSR count). The third kappa shape index (κ3) is 3.38. The monoisotopic (exact) mass is 287 g/mol. The zero-order valence-electron chi connectivity index (χ0n) is 13.1. The molecule has 0 atom stereocenters. The molecule has 0 aliphatic heterocycles. The van der Waals surface area contributed by atoms with E-state index in [1.54, 1.807) is 6.26 Å². The molecule has 4 heteroatoms. The maximum Gasteiger partial charge on any atom is 0.127 e. The maximum atomic E-state index is 5.70. The Labute approximate surface area is 126 Å². The summed E-state index contributed by atoms with van der Waals surface area (Å²) < 4.78 is 7.96. The van der Waals surface area contributed by atoms with Gasteiger partial charge in [0.15, 0.2) is 0 Å². The van der Waals surface area contributed by atoms with E-state index in [1.807, 2.05) is 6.33 Å². The number of hydrogen-bond acceptors (Lipinski definition) is 3. The number of nitrogens with zero attached hydrogens (tertiary/aromatic N) is 2. The predicted molar refractivity (Wildman–Crippen MR) is 83.2 cm³/mol. The first-order chi connectivity index (χ1) is 10.2. The van der Waals surface area contributed by atoms with Gasteiger partial charge in [0.2, 0.25) is 0 Å². The molecule has 4 nitrogen and oxygen atoms in total. The van der Waals surface area contributed by atoms with Gasteiger partial charge in [-0.1, -0.05) is 13.8 Å². The minimum absolute atomic E-state index is 0.668. The summed E-state index contributed by atoms with van der Waals surface area (Å²) in [4.78, 5) is 4.56. The number of imidazole rings is 1. The molecule has 1 aliphatic rings. The van der Waals surface area contributed by atoms with E-state index in [2.05, 4.69) is 34.8 Å².